The molecular formula is C25H28N4O5S. The number of hydrogen-bond donors (Lipinski definition) is 2. The lowest BCUT2D eigenvalue weighted by Crippen LogP contribution is -2.31. The van der Waals surface area contributed by atoms with Crippen LogP contribution in [0.3, 0.4) is 0 Å². The van der Waals surface area contributed by atoms with Gasteiger partial charge in [0, 0.05) is 24.7 Å². The molecular weight excluding hydrogens is 468 g/mol. The molecule has 10 heteroatoms. The van der Waals surface area contributed by atoms with Gasteiger partial charge >= 0.3 is 6.09 Å². The van der Waals surface area contributed by atoms with Gasteiger partial charge in [-0.05, 0) is 30.5 Å². The van der Waals surface area contributed by atoms with E-state index in [0.29, 0.717) is 28.1 Å². The van der Waals surface area contributed by atoms with Crippen LogP contribution in [-0.2, 0) is 17.9 Å². The van der Waals surface area contributed by atoms with E-state index in [2.05, 4.69) is 10.3 Å². The number of carbonyl (C=O) groups is 2. The minimum Gasteiger partial charge on any atom is -0.497 e. The molecule has 0 spiro atoms. The summed E-state index contributed by atoms with van der Waals surface area (Å²) in [6, 6.07) is 14.6. The molecule has 4 rings (SSSR count). The first-order chi connectivity index (χ1) is 17.0. The molecule has 3 N–H and O–H groups in total. The van der Waals surface area contributed by atoms with Gasteiger partial charge in [0.25, 0.3) is 5.91 Å². The van der Waals surface area contributed by atoms with Crippen LogP contribution in [0.15, 0.2) is 48.5 Å². The van der Waals surface area contributed by atoms with Gasteiger partial charge in [-0.1, -0.05) is 41.7 Å². The molecule has 3 aromatic rings. The lowest BCUT2D eigenvalue weighted by molar-refractivity contribution is 0.0920. The highest BCUT2D eigenvalue weighted by molar-refractivity contribution is 7.16. The third-order valence-electron chi connectivity index (χ3n) is 5.80. The Labute approximate surface area is 207 Å². The number of aromatic nitrogens is 1. The summed E-state index contributed by atoms with van der Waals surface area (Å²) in [5, 5.41) is 3.78. The van der Waals surface area contributed by atoms with Crippen molar-refractivity contribution >= 4 is 28.3 Å². The van der Waals surface area contributed by atoms with Gasteiger partial charge in [0.1, 0.15) is 28.1 Å². The average Bonchev–Trinajstić information content (AvgIpc) is 3.53. The fraction of sp³-hybridized carbons (Fsp3) is 0.320. The number of nitrogens with zero attached hydrogens (tertiary/aromatic N) is 2. The summed E-state index contributed by atoms with van der Waals surface area (Å²) in [5.74, 6) is 0.875. The summed E-state index contributed by atoms with van der Waals surface area (Å²) in [5.41, 5.74) is 8.01. The first-order valence-corrected chi connectivity index (χ1v) is 12.0. The van der Waals surface area contributed by atoms with E-state index in [1.54, 1.807) is 31.3 Å². The molecule has 9 nitrogen and oxygen atoms in total. The number of rotatable bonds is 8. The van der Waals surface area contributed by atoms with Crippen molar-refractivity contribution in [1.82, 2.24) is 15.2 Å². The Balaban J connectivity index is 1.40. The second-order valence-corrected chi connectivity index (χ2v) is 9.08. The number of carbonyl (C=O) groups excluding carboxylic acids is 2. The average molecular weight is 497 g/mol. The van der Waals surface area contributed by atoms with Crippen LogP contribution in [0.25, 0.3) is 0 Å². The number of amides is 2. The van der Waals surface area contributed by atoms with Gasteiger partial charge < -0.3 is 25.3 Å². The molecule has 35 heavy (non-hydrogen) atoms. The van der Waals surface area contributed by atoms with E-state index in [0.717, 1.165) is 24.0 Å². The highest BCUT2D eigenvalue weighted by atomic mass is 32.1. The molecule has 1 aliphatic heterocycles. The minimum atomic E-state index is -0.400. The second-order valence-electron chi connectivity index (χ2n) is 8.02. The summed E-state index contributed by atoms with van der Waals surface area (Å²) in [7, 11) is 3.14. The van der Waals surface area contributed by atoms with Crippen LogP contribution in [0.1, 0.15) is 45.5 Å². The van der Waals surface area contributed by atoms with Gasteiger partial charge in [-0.3, -0.25) is 9.69 Å². The van der Waals surface area contributed by atoms with E-state index >= 15 is 0 Å². The Morgan fingerprint density at radius 2 is 1.97 bits per heavy atom. The number of methoxy groups -OCH3 is 2. The smallest absolute Gasteiger partial charge is 0.410 e. The number of nitrogens with two attached hydrogens (primary N) is 1. The maximum atomic E-state index is 12.8. The molecule has 1 aromatic heterocycles. The van der Waals surface area contributed by atoms with Gasteiger partial charge in [-0.2, -0.15) is 0 Å². The summed E-state index contributed by atoms with van der Waals surface area (Å²) in [6.07, 6.45) is 1.16. The van der Waals surface area contributed by atoms with E-state index in [-0.39, 0.29) is 30.8 Å². The topological polar surface area (TPSA) is 116 Å². The SMILES string of the molecule is COc1ccc(CNC(=O)c2nc(C3CCCN3C(=O)OCc3ccccc3)sc2N)c(OC)c1. The first kappa shape index (κ1) is 24.3. The molecule has 1 unspecified atom stereocenters. The third kappa shape index (κ3) is 5.65. The summed E-state index contributed by atoms with van der Waals surface area (Å²) >= 11 is 1.23. The molecule has 0 saturated carbocycles. The number of nitrogen functional groups attached to an aromatic ring is 1. The Morgan fingerprint density at radius 3 is 2.71 bits per heavy atom. The highest BCUT2D eigenvalue weighted by Crippen LogP contribution is 2.37. The largest absolute Gasteiger partial charge is 0.497 e. The predicted octanol–water partition coefficient (Wildman–Crippen LogP) is 4.15. The highest BCUT2D eigenvalue weighted by Gasteiger charge is 2.34. The van der Waals surface area contributed by atoms with Crippen molar-refractivity contribution < 1.29 is 23.8 Å². The van der Waals surface area contributed by atoms with E-state index < -0.39 is 6.09 Å². The number of thiazole rings is 1. The number of anilines is 1. The maximum Gasteiger partial charge on any atom is 0.410 e. The van der Waals surface area contributed by atoms with Crippen molar-refractivity contribution in [3.05, 3.63) is 70.4 Å². The fourth-order valence-corrected chi connectivity index (χ4v) is 4.93. The van der Waals surface area contributed by atoms with Crippen molar-refractivity contribution in [3.8, 4) is 11.5 Å². The number of hydrogen-bond acceptors (Lipinski definition) is 8. The number of benzene rings is 2. The molecule has 0 radical (unpaired) electrons. The third-order valence-corrected chi connectivity index (χ3v) is 6.78. The predicted molar refractivity (Wildman–Crippen MR) is 133 cm³/mol. The van der Waals surface area contributed by atoms with Crippen molar-refractivity contribution in [2.45, 2.75) is 32.0 Å². The molecule has 0 aliphatic carbocycles. The standard InChI is InChI=1S/C25H28N4O5S/c1-32-18-11-10-17(20(13-18)33-2)14-27-23(30)21-22(26)35-24(28-21)19-9-6-12-29(19)25(31)34-15-16-7-4-3-5-8-16/h3-5,7-8,10-11,13,19H,6,9,12,14-15,26H2,1-2H3,(H,27,30). The van der Waals surface area contributed by atoms with E-state index in [4.69, 9.17) is 19.9 Å². The van der Waals surface area contributed by atoms with Crippen molar-refractivity contribution in [2.75, 3.05) is 26.5 Å². The fourth-order valence-electron chi connectivity index (χ4n) is 3.96. The quantitative estimate of drug-likeness (QED) is 0.481. The van der Waals surface area contributed by atoms with Crippen LogP contribution in [0, 0.1) is 0 Å². The minimum absolute atomic E-state index is 0.155. The Morgan fingerprint density at radius 1 is 1.17 bits per heavy atom. The second kappa shape index (κ2) is 11.1. The van der Waals surface area contributed by atoms with Crippen LogP contribution in [0.5, 0.6) is 11.5 Å². The first-order valence-electron chi connectivity index (χ1n) is 11.2. The molecule has 1 saturated heterocycles. The lowest BCUT2D eigenvalue weighted by atomic mass is 10.2. The molecule has 184 valence electrons. The van der Waals surface area contributed by atoms with Gasteiger partial charge in [-0.25, -0.2) is 9.78 Å². The molecule has 1 fully saturated rings. The monoisotopic (exact) mass is 496 g/mol. The summed E-state index contributed by atoms with van der Waals surface area (Å²) in [4.78, 5) is 31.8. The number of ether oxygens (including phenoxy) is 3. The Kier molecular flexibility index (Phi) is 7.71. The van der Waals surface area contributed by atoms with E-state index in [1.165, 1.54) is 11.3 Å². The summed E-state index contributed by atoms with van der Waals surface area (Å²) < 4.78 is 16.1. The Hall–Kier alpha value is -3.79. The molecule has 2 aromatic carbocycles. The van der Waals surface area contributed by atoms with Gasteiger partial charge in [0.05, 0.1) is 20.3 Å². The van der Waals surface area contributed by atoms with E-state index in [9.17, 15) is 9.59 Å². The Bertz CT molecular complexity index is 1180. The van der Waals surface area contributed by atoms with Gasteiger partial charge in [-0.15, -0.1) is 0 Å². The number of nitrogens with one attached hydrogen (secondary N) is 1. The van der Waals surface area contributed by atoms with Crippen LogP contribution in [0.4, 0.5) is 9.80 Å². The number of likely N-dealkylation sites (tertiary alicyclic amines) is 1. The van der Waals surface area contributed by atoms with Crippen molar-refractivity contribution in [2.24, 2.45) is 0 Å². The normalized spacial score (nSPS) is 15.0. The van der Waals surface area contributed by atoms with Crippen LogP contribution >= 0.6 is 11.3 Å². The summed E-state index contributed by atoms with van der Waals surface area (Å²) in [6.45, 7) is 1.00. The zero-order valence-electron chi connectivity index (χ0n) is 19.7. The zero-order chi connectivity index (χ0) is 24.8. The molecule has 2 heterocycles. The van der Waals surface area contributed by atoms with Crippen molar-refractivity contribution in [3.63, 3.8) is 0 Å². The van der Waals surface area contributed by atoms with Crippen LogP contribution < -0.4 is 20.5 Å². The maximum absolute atomic E-state index is 12.8. The molecule has 0 bridgehead atoms. The zero-order valence-corrected chi connectivity index (χ0v) is 20.5. The van der Waals surface area contributed by atoms with Crippen molar-refractivity contribution in [1.29, 1.82) is 0 Å². The molecule has 1 atom stereocenters. The molecule has 2 amide bonds. The van der Waals surface area contributed by atoms with Gasteiger partial charge in [0.2, 0.25) is 0 Å². The van der Waals surface area contributed by atoms with Gasteiger partial charge in [0.15, 0.2) is 5.69 Å². The van der Waals surface area contributed by atoms with Crippen LogP contribution in [-0.4, -0.2) is 42.6 Å². The lowest BCUT2D eigenvalue weighted by Gasteiger charge is -2.22. The molecule has 1 aliphatic rings. The van der Waals surface area contributed by atoms with Crippen LogP contribution in [0.2, 0.25) is 0 Å². The van der Waals surface area contributed by atoms with E-state index in [1.807, 2.05) is 36.4 Å².